The summed E-state index contributed by atoms with van der Waals surface area (Å²) in [6.07, 6.45) is 0.908. The third kappa shape index (κ3) is 4.69. The highest BCUT2D eigenvalue weighted by Crippen LogP contribution is 2.27. The minimum atomic E-state index is -0.864. The number of ether oxygens (including phenoxy) is 1. The van der Waals surface area contributed by atoms with Gasteiger partial charge in [-0.1, -0.05) is 13.0 Å². The maximum absolute atomic E-state index is 11.1. The first-order valence-corrected chi connectivity index (χ1v) is 10.2. The van der Waals surface area contributed by atoms with Gasteiger partial charge in [0.25, 0.3) is 0 Å². The summed E-state index contributed by atoms with van der Waals surface area (Å²) in [4.78, 5) is 28.3. The molecule has 4 N–H and O–H groups in total. The molecule has 1 amide bonds. The summed E-state index contributed by atoms with van der Waals surface area (Å²) in [7, 11) is 0. The molecule has 9 nitrogen and oxygen atoms in total. The lowest BCUT2D eigenvalue weighted by Gasteiger charge is -2.33. The number of aromatic nitrogens is 3. The Morgan fingerprint density at radius 1 is 1.20 bits per heavy atom. The van der Waals surface area contributed by atoms with E-state index in [-0.39, 0.29) is 0 Å². The van der Waals surface area contributed by atoms with Crippen molar-refractivity contribution in [2.24, 2.45) is 5.73 Å². The van der Waals surface area contributed by atoms with Crippen molar-refractivity contribution in [2.45, 2.75) is 6.92 Å². The van der Waals surface area contributed by atoms with E-state index in [2.05, 4.69) is 37.0 Å². The highest BCUT2D eigenvalue weighted by atomic mass is 16.5. The number of piperazine rings is 1. The number of carbonyl (C=O) groups excluding carboxylic acids is 1. The second-order valence-electron chi connectivity index (χ2n) is 7.29. The van der Waals surface area contributed by atoms with E-state index in [1.165, 1.54) is 0 Å². The molecule has 1 aliphatic heterocycles. The van der Waals surface area contributed by atoms with Crippen molar-refractivity contribution in [3.8, 4) is 17.1 Å². The van der Waals surface area contributed by atoms with Gasteiger partial charge in [0.1, 0.15) is 17.2 Å². The van der Waals surface area contributed by atoms with Gasteiger partial charge in [0.2, 0.25) is 0 Å². The Hall–Kier alpha value is -3.17. The number of para-hydroxylation sites is 1. The number of hydrogen-bond donors (Lipinski definition) is 3. The number of primary amides is 1. The molecule has 2 aromatic heterocycles. The molecule has 0 spiro atoms. The number of likely N-dealkylation sites (N-methyl/N-ethyl adjacent to an activating group) is 1. The molecule has 1 aliphatic rings. The Labute approximate surface area is 175 Å². The van der Waals surface area contributed by atoms with Crippen molar-refractivity contribution in [2.75, 3.05) is 51.1 Å². The lowest BCUT2D eigenvalue weighted by molar-refractivity contribution is 0.141. The molecule has 3 heterocycles. The van der Waals surface area contributed by atoms with Gasteiger partial charge in [-0.25, -0.2) is 14.8 Å². The van der Waals surface area contributed by atoms with Gasteiger partial charge in [-0.05, 0) is 30.8 Å². The lowest BCUT2D eigenvalue weighted by atomic mass is 10.2. The molecule has 1 saturated heterocycles. The number of nitrogens with two attached hydrogens (primary N) is 1. The Bertz CT molecular complexity index is 994. The predicted molar refractivity (Wildman–Crippen MR) is 117 cm³/mol. The third-order valence-corrected chi connectivity index (χ3v) is 5.37. The van der Waals surface area contributed by atoms with E-state index >= 15 is 0 Å². The van der Waals surface area contributed by atoms with Gasteiger partial charge < -0.3 is 25.7 Å². The fourth-order valence-electron chi connectivity index (χ4n) is 3.64. The average molecular weight is 409 g/mol. The van der Waals surface area contributed by atoms with Gasteiger partial charge in [-0.3, -0.25) is 4.90 Å². The molecule has 0 radical (unpaired) electrons. The van der Waals surface area contributed by atoms with E-state index in [9.17, 15) is 4.79 Å². The Balaban J connectivity index is 1.36. The zero-order chi connectivity index (χ0) is 20.9. The number of imidazole rings is 1. The van der Waals surface area contributed by atoms with E-state index in [1.807, 2.05) is 18.2 Å². The number of fused-ring (bicyclic) bond motifs is 1. The number of rotatable bonds is 7. The quantitative estimate of drug-likeness (QED) is 0.548. The monoisotopic (exact) mass is 409 g/mol. The number of nitrogens with zero attached hydrogens (tertiary/aromatic N) is 4. The van der Waals surface area contributed by atoms with E-state index in [0.29, 0.717) is 17.1 Å². The van der Waals surface area contributed by atoms with Crippen molar-refractivity contribution in [3.05, 3.63) is 36.5 Å². The lowest BCUT2D eigenvalue weighted by Crippen LogP contribution is -2.47. The summed E-state index contributed by atoms with van der Waals surface area (Å²) in [6, 6.07) is 9.20. The molecule has 0 atom stereocenters. The summed E-state index contributed by atoms with van der Waals surface area (Å²) in [5.74, 6) is 1.81. The zero-order valence-electron chi connectivity index (χ0n) is 17.1. The molecule has 1 fully saturated rings. The van der Waals surface area contributed by atoms with Crippen molar-refractivity contribution >= 4 is 22.9 Å². The molecule has 158 valence electrons. The van der Waals surface area contributed by atoms with Crippen molar-refractivity contribution in [3.63, 3.8) is 0 Å². The Morgan fingerprint density at radius 2 is 2.00 bits per heavy atom. The summed E-state index contributed by atoms with van der Waals surface area (Å²) in [6.45, 7) is 9.74. The normalized spacial score (nSPS) is 15.4. The summed E-state index contributed by atoms with van der Waals surface area (Å²) < 4.78 is 5.03. The molecular formula is C21H27N7O2. The highest BCUT2D eigenvalue weighted by Gasteiger charge is 2.15. The van der Waals surface area contributed by atoms with Crippen LogP contribution in [0.5, 0.6) is 5.75 Å². The second kappa shape index (κ2) is 9.10. The van der Waals surface area contributed by atoms with Gasteiger partial charge >= 0.3 is 6.09 Å². The molecule has 1 aromatic carbocycles. The molecule has 30 heavy (non-hydrogen) atoms. The molecule has 9 heteroatoms. The van der Waals surface area contributed by atoms with Crippen molar-refractivity contribution in [1.29, 1.82) is 0 Å². The van der Waals surface area contributed by atoms with Crippen LogP contribution < -0.4 is 15.8 Å². The van der Waals surface area contributed by atoms with Crippen LogP contribution in [0.25, 0.3) is 22.4 Å². The van der Waals surface area contributed by atoms with Crippen LogP contribution in [0.3, 0.4) is 0 Å². The number of aromatic amines is 1. The number of H-pyrrole nitrogens is 1. The SMILES string of the molecule is CCN1CCN(CCNc2ccc(-c3nc4c(OC(N)=O)cccc4[nH]3)cn2)CC1. The average Bonchev–Trinajstić information content (AvgIpc) is 3.20. The number of carbonyl (C=O) groups is 1. The number of pyridine rings is 1. The van der Waals surface area contributed by atoms with Crippen LogP contribution in [0, 0.1) is 0 Å². The van der Waals surface area contributed by atoms with E-state index in [4.69, 9.17) is 10.5 Å². The molecule has 0 unspecified atom stereocenters. The Kier molecular flexibility index (Phi) is 6.10. The zero-order valence-corrected chi connectivity index (χ0v) is 17.1. The summed E-state index contributed by atoms with van der Waals surface area (Å²) in [5, 5.41) is 3.38. The first kappa shape index (κ1) is 20.1. The number of hydrogen-bond acceptors (Lipinski definition) is 7. The molecular weight excluding hydrogens is 382 g/mol. The Morgan fingerprint density at radius 3 is 2.70 bits per heavy atom. The highest BCUT2D eigenvalue weighted by molar-refractivity contribution is 5.87. The van der Waals surface area contributed by atoms with Crippen LogP contribution in [-0.2, 0) is 0 Å². The van der Waals surface area contributed by atoms with Gasteiger partial charge in [0, 0.05) is 51.0 Å². The molecule has 0 aliphatic carbocycles. The van der Waals surface area contributed by atoms with Gasteiger partial charge in [0.05, 0.1) is 5.52 Å². The fraction of sp³-hybridized carbons (Fsp3) is 0.381. The number of nitrogens with one attached hydrogen (secondary N) is 2. The van der Waals surface area contributed by atoms with E-state index < -0.39 is 6.09 Å². The van der Waals surface area contributed by atoms with E-state index in [0.717, 1.165) is 62.7 Å². The molecule has 0 bridgehead atoms. The van der Waals surface area contributed by atoms with Gasteiger partial charge in [-0.15, -0.1) is 0 Å². The maximum Gasteiger partial charge on any atom is 0.410 e. The van der Waals surface area contributed by atoms with Crippen LogP contribution >= 0.6 is 0 Å². The minimum absolute atomic E-state index is 0.327. The molecule has 4 rings (SSSR count). The molecule has 3 aromatic rings. The van der Waals surface area contributed by atoms with Crippen molar-refractivity contribution < 1.29 is 9.53 Å². The van der Waals surface area contributed by atoms with Crippen LogP contribution in [-0.4, -0.2) is 76.7 Å². The van der Waals surface area contributed by atoms with Crippen LogP contribution in [0.2, 0.25) is 0 Å². The largest absolute Gasteiger partial charge is 0.410 e. The number of amides is 1. The topological polar surface area (TPSA) is 112 Å². The summed E-state index contributed by atoms with van der Waals surface area (Å²) in [5.41, 5.74) is 7.28. The fourth-order valence-corrected chi connectivity index (χ4v) is 3.64. The number of anilines is 1. The first-order valence-electron chi connectivity index (χ1n) is 10.2. The minimum Gasteiger partial charge on any atom is -0.408 e. The standard InChI is InChI=1S/C21H27N7O2/c1-2-27-10-12-28(13-11-27)9-8-23-18-7-6-15(14-24-18)20-25-16-4-3-5-17(19(16)26-20)30-21(22)29/h3-7,14H,2,8-13H2,1H3,(H2,22,29)(H,23,24)(H,25,26). The summed E-state index contributed by atoms with van der Waals surface area (Å²) >= 11 is 0. The van der Waals surface area contributed by atoms with E-state index in [1.54, 1.807) is 18.3 Å². The molecule has 0 saturated carbocycles. The third-order valence-electron chi connectivity index (χ3n) is 5.37. The predicted octanol–water partition coefficient (Wildman–Crippen LogP) is 2.13. The first-order chi connectivity index (χ1) is 14.6. The second-order valence-corrected chi connectivity index (χ2v) is 7.29. The van der Waals surface area contributed by atoms with Crippen LogP contribution in [0.4, 0.5) is 10.6 Å². The van der Waals surface area contributed by atoms with Gasteiger partial charge in [-0.2, -0.15) is 0 Å². The van der Waals surface area contributed by atoms with Crippen LogP contribution in [0.15, 0.2) is 36.5 Å². The van der Waals surface area contributed by atoms with Crippen molar-refractivity contribution in [1.82, 2.24) is 24.8 Å². The smallest absolute Gasteiger partial charge is 0.408 e. The number of benzene rings is 1. The van der Waals surface area contributed by atoms with Gasteiger partial charge in [0.15, 0.2) is 5.75 Å². The maximum atomic E-state index is 11.1. The van der Waals surface area contributed by atoms with Crippen LogP contribution in [0.1, 0.15) is 6.92 Å².